The standard InChI is InChI=1S/C16H16O/c1-12(14-6-4-3-5-7-14)13(2)15-8-10-16(17)11-9-15/h3-11,17H,1-2H3/b13-12+. The normalized spacial score (nSPS) is 12.1. The maximum absolute atomic E-state index is 9.28. The molecule has 0 bridgehead atoms. The lowest BCUT2D eigenvalue weighted by Gasteiger charge is -2.08. The quantitative estimate of drug-likeness (QED) is 0.752. The lowest BCUT2D eigenvalue weighted by molar-refractivity contribution is 0.475. The van der Waals surface area contributed by atoms with Gasteiger partial charge >= 0.3 is 0 Å². The number of phenols is 1. The molecule has 2 aromatic carbocycles. The number of benzene rings is 2. The average molecular weight is 224 g/mol. The van der Waals surface area contributed by atoms with Gasteiger partial charge in [-0.1, -0.05) is 42.5 Å². The molecule has 0 aliphatic carbocycles. The molecule has 17 heavy (non-hydrogen) atoms. The molecule has 2 rings (SSSR count). The van der Waals surface area contributed by atoms with Crippen LogP contribution in [0.4, 0.5) is 0 Å². The van der Waals surface area contributed by atoms with Crippen LogP contribution in [0, 0.1) is 0 Å². The Morgan fingerprint density at radius 3 is 1.71 bits per heavy atom. The van der Waals surface area contributed by atoms with Gasteiger partial charge in [-0.15, -0.1) is 0 Å². The van der Waals surface area contributed by atoms with E-state index in [1.807, 2.05) is 30.3 Å². The van der Waals surface area contributed by atoms with E-state index in [2.05, 4.69) is 26.0 Å². The summed E-state index contributed by atoms with van der Waals surface area (Å²) in [5, 5.41) is 9.28. The number of allylic oxidation sites excluding steroid dienone is 2. The van der Waals surface area contributed by atoms with Crippen molar-refractivity contribution >= 4 is 11.1 Å². The first kappa shape index (κ1) is 11.5. The number of hydrogen-bond acceptors (Lipinski definition) is 1. The second kappa shape index (κ2) is 4.88. The summed E-state index contributed by atoms with van der Waals surface area (Å²) >= 11 is 0. The molecule has 86 valence electrons. The molecule has 0 spiro atoms. The summed E-state index contributed by atoms with van der Waals surface area (Å²) in [6.45, 7) is 4.23. The predicted molar refractivity (Wildman–Crippen MR) is 72.7 cm³/mol. The summed E-state index contributed by atoms with van der Waals surface area (Å²) in [6, 6.07) is 17.7. The molecule has 0 fully saturated rings. The molecular weight excluding hydrogens is 208 g/mol. The Labute approximate surface area is 102 Å². The molecule has 0 saturated carbocycles. The summed E-state index contributed by atoms with van der Waals surface area (Å²) in [4.78, 5) is 0. The molecule has 0 aliphatic rings. The minimum absolute atomic E-state index is 0.305. The molecule has 1 heteroatoms. The average Bonchev–Trinajstić information content (AvgIpc) is 2.39. The van der Waals surface area contributed by atoms with E-state index < -0.39 is 0 Å². The molecule has 0 unspecified atom stereocenters. The maximum Gasteiger partial charge on any atom is 0.115 e. The van der Waals surface area contributed by atoms with Crippen molar-refractivity contribution in [3.63, 3.8) is 0 Å². The molecule has 0 heterocycles. The van der Waals surface area contributed by atoms with Gasteiger partial charge in [0.1, 0.15) is 5.75 Å². The van der Waals surface area contributed by atoms with Crippen LogP contribution < -0.4 is 0 Å². The zero-order chi connectivity index (χ0) is 12.3. The molecule has 0 atom stereocenters. The fourth-order valence-electron chi connectivity index (χ4n) is 1.83. The second-order valence-corrected chi connectivity index (χ2v) is 4.16. The number of phenolic OH excluding ortho intramolecular Hbond substituents is 1. The Kier molecular flexibility index (Phi) is 3.29. The molecule has 2 aromatic rings. The van der Waals surface area contributed by atoms with Gasteiger partial charge in [-0.05, 0) is 48.3 Å². The Morgan fingerprint density at radius 1 is 0.706 bits per heavy atom. The summed E-state index contributed by atoms with van der Waals surface area (Å²) in [7, 11) is 0. The molecular formula is C16H16O. The molecule has 1 N–H and O–H groups in total. The van der Waals surface area contributed by atoms with Gasteiger partial charge < -0.3 is 5.11 Å². The van der Waals surface area contributed by atoms with Gasteiger partial charge in [0, 0.05) is 0 Å². The van der Waals surface area contributed by atoms with Crippen molar-refractivity contribution in [1.82, 2.24) is 0 Å². The van der Waals surface area contributed by atoms with Crippen LogP contribution in [0.1, 0.15) is 25.0 Å². The van der Waals surface area contributed by atoms with E-state index in [9.17, 15) is 5.11 Å². The lowest BCUT2D eigenvalue weighted by atomic mass is 9.97. The van der Waals surface area contributed by atoms with Crippen LogP contribution in [-0.2, 0) is 0 Å². The van der Waals surface area contributed by atoms with Gasteiger partial charge in [0.15, 0.2) is 0 Å². The Hall–Kier alpha value is -2.02. The second-order valence-electron chi connectivity index (χ2n) is 4.16. The fraction of sp³-hybridized carbons (Fsp3) is 0.125. The lowest BCUT2D eigenvalue weighted by Crippen LogP contribution is -1.85. The highest BCUT2D eigenvalue weighted by Gasteiger charge is 2.02. The monoisotopic (exact) mass is 224 g/mol. The van der Waals surface area contributed by atoms with Gasteiger partial charge in [-0.2, -0.15) is 0 Å². The molecule has 1 nitrogen and oxygen atoms in total. The minimum Gasteiger partial charge on any atom is -0.508 e. The third-order valence-corrected chi connectivity index (χ3v) is 3.07. The van der Waals surface area contributed by atoms with Crippen molar-refractivity contribution in [2.75, 3.05) is 0 Å². The largest absolute Gasteiger partial charge is 0.508 e. The van der Waals surface area contributed by atoms with Crippen molar-refractivity contribution in [3.05, 3.63) is 65.7 Å². The molecule has 0 aliphatic heterocycles. The van der Waals surface area contributed by atoms with Gasteiger partial charge in [0.25, 0.3) is 0 Å². The number of rotatable bonds is 2. The van der Waals surface area contributed by atoms with Crippen LogP contribution in [0.3, 0.4) is 0 Å². The SMILES string of the molecule is C/C(=C(/C)c1ccc(O)cc1)c1ccccc1. The van der Waals surface area contributed by atoms with Crippen LogP contribution in [0.5, 0.6) is 5.75 Å². The van der Waals surface area contributed by atoms with E-state index >= 15 is 0 Å². The van der Waals surface area contributed by atoms with Crippen molar-refractivity contribution < 1.29 is 5.11 Å². The first-order valence-corrected chi connectivity index (χ1v) is 5.71. The van der Waals surface area contributed by atoms with Crippen molar-refractivity contribution in [1.29, 1.82) is 0 Å². The highest BCUT2D eigenvalue weighted by atomic mass is 16.3. The van der Waals surface area contributed by atoms with E-state index in [0.29, 0.717) is 5.75 Å². The van der Waals surface area contributed by atoms with Gasteiger partial charge in [-0.25, -0.2) is 0 Å². The smallest absolute Gasteiger partial charge is 0.115 e. The first-order valence-electron chi connectivity index (χ1n) is 5.71. The van der Waals surface area contributed by atoms with Gasteiger partial charge in [0.05, 0.1) is 0 Å². The topological polar surface area (TPSA) is 20.2 Å². The van der Waals surface area contributed by atoms with E-state index in [1.54, 1.807) is 12.1 Å². The van der Waals surface area contributed by atoms with Gasteiger partial charge in [-0.3, -0.25) is 0 Å². The van der Waals surface area contributed by atoms with Crippen LogP contribution in [-0.4, -0.2) is 5.11 Å². The summed E-state index contributed by atoms with van der Waals surface area (Å²) in [6.07, 6.45) is 0. The third-order valence-electron chi connectivity index (χ3n) is 3.07. The van der Waals surface area contributed by atoms with Crippen molar-refractivity contribution in [2.24, 2.45) is 0 Å². The van der Waals surface area contributed by atoms with Crippen LogP contribution in [0.25, 0.3) is 11.1 Å². The highest BCUT2D eigenvalue weighted by molar-refractivity contribution is 5.88. The van der Waals surface area contributed by atoms with Crippen LogP contribution >= 0.6 is 0 Å². The Morgan fingerprint density at radius 2 is 1.18 bits per heavy atom. The highest BCUT2D eigenvalue weighted by Crippen LogP contribution is 2.26. The van der Waals surface area contributed by atoms with Crippen molar-refractivity contribution in [2.45, 2.75) is 13.8 Å². The predicted octanol–water partition coefficient (Wildman–Crippen LogP) is 4.34. The van der Waals surface area contributed by atoms with E-state index in [-0.39, 0.29) is 0 Å². The molecule has 0 saturated heterocycles. The van der Waals surface area contributed by atoms with E-state index in [1.165, 1.54) is 16.7 Å². The zero-order valence-corrected chi connectivity index (χ0v) is 10.1. The Bertz CT molecular complexity index is 521. The Balaban J connectivity index is 2.41. The van der Waals surface area contributed by atoms with Gasteiger partial charge in [0.2, 0.25) is 0 Å². The molecule has 0 radical (unpaired) electrons. The zero-order valence-electron chi connectivity index (χ0n) is 10.1. The maximum atomic E-state index is 9.28. The van der Waals surface area contributed by atoms with E-state index in [4.69, 9.17) is 0 Å². The number of hydrogen-bond donors (Lipinski definition) is 1. The van der Waals surface area contributed by atoms with Crippen LogP contribution in [0.15, 0.2) is 54.6 Å². The first-order chi connectivity index (χ1) is 8.18. The van der Waals surface area contributed by atoms with E-state index in [0.717, 1.165) is 5.56 Å². The number of aromatic hydroxyl groups is 1. The molecule has 0 amide bonds. The molecule has 0 aromatic heterocycles. The fourth-order valence-corrected chi connectivity index (χ4v) is 1.83. The third kappa shape index (κ3) is 2.56. The summed E-state index contributed by atoms with van der Waals surface area (Å²) < 4.78 is 0. The summed E-state index contributed by atoms with van der Waals surface area (Å²) in [5.41, 5.74) is 4.87. The van der Waals surface area contributed by atoms with Crippen LogP contribution in [0.2, 0.25) is 0 Å². The summed E-state index contributed by atoms with van der Waals surface area (Å²) in [5.74, 6) is 0.305. The van der Waals surface area contributed by atoms with Crippen molar-refractivity contribution in [3.8, 4) is 5.75 Å². The minimum atomic E-state index is 0.305.